The zero-order chi connectivity index (χ0) is 9.76. The van der Waals surface area contributed by atoms with E-state index in [1.54, 1.807) is 7.11 Å². The fourth-order valence-corrected chi connectivity index (χ4v) is 2.16. The van der Waals surface area contributed by atoms with Gasteiger partial charge in [-0.3, -0.25) is 4.79 Å². The van der Waals surface area contributed by atoms with Gasteiger partial charge in [-0.05, 0) is 24.5 Å². The van der Waals surface area contributed by atoms with Crippen molar-refractivity contribution in [2.24, 2.45) is 0 Å². The van der Waals surface area contributed by atoms with Crippen LogP contribution < -0.4 is 10.1 Å². The van der Waals surface area contributed by atoms with Gasteiger partial charge in [0.1, 0.15) is 5.75 Å². The van der Waals surface area contributed by atoms with E-state index < -0.39 is 0 Å². The lowest BCUT2D eigenvalue weighted by Gasteiger charge is -2.05. The summed E-state index contributed by atoms with van der Waals surface area (Å²) in [5.74, 6) is 0.947. The minimum atomic E-state index is -0.179. The van der Waals surface area contributed by atoms with Crippen LogP contribution in [-0.4, -0.2) is 13.0 Å². The highest BCUT2D eigenvalue weighted by molar-refractivity contribution is 6.08. The quantitative estimate of drug-likeness (QED) is 0.729. The molecule has 1 spiro atoms. The Labute approximate surface area is 82.1 Å². The molecule has 1 heterocycles. The largest absolute Gasteiger partial charge is 0.497 e. The third kappa shape index (κ3) is 0.794. The lowest BCUT2D eigenvalue weighted by Crippen LogP contribution is -2.18. The van der Waals surface area contributed by atoms with Crippen molar-refractivity contribution >= 4 is 11.6 Å². The predicted octanol–water partition coefficient (Wildman–Crippen LogP) is 1.68. The summed E-state index contributed by atoms with van der Waals surface area (Å²) >= 11 is 0. The maximum atomic E-state index is 11.7. The van der Waals surface area contributed by atoms with Crippen molar-refractivity contribution in [3.63, 3.8) is 0 Å². The van der Waals surface area contributed by atoms with Gasteiger partial charge in [0.2, 0.25) is 5.91 Å². The lowest BCUT2D eigenvalue weighted by atomic mass is 9.98. The van der Waals surface area contributed by atoms with Crippen LogP contribution in [0.5, 0.6) is 5.75 Å². The molecule has 1 amide bonds. The number of benzene rings is 1. The van der Waals surface area contributed by atoms with Crippen LogP contribution in [0.4, 0.5) is 5.69 Å². The van der Waals surface area contributed by atoms with Gasteiger partial charge >= 0.3 is 0 Å². The number of nitrogens with one attached hydrogen (secondary N) is 1. The van der Waals surface area contributed by atoms with Crippen molar-refractivity contribution in [2.75, 3.05) is 12.4 Å². The topological polar surface area (TPSA) is 38.3 Å². The van der Waals surface area contributed by atoms with Crippen LogP contribution in [0.25, 0.3) is 0 Å². The average Bonchev–Trinajstić information content (AvgIpc) is 2.93. The van der Waals surface area contributed by atoms with Gasteiger partial charge in [-0.25, -0.2) is 0 Å². The molecular formula is C11H11NO2. The molecule has 1 aliphatic carbocycles. The second-order valence-corrected chi connectivity index (χ2v) is 3.95. The summed E-state index contributed by atoms with van der Waals surface area (Å²) in [6.07, 6.45) is 1.97. The van der Waals surface area contributed by atoms with Crippen molar-refractivity contribution in [2.45, 2.75) is 18.3 Å². The Morgan fingerprint density at radius 1 is 1.43 bits per heavy atom. The molecule has 1 fully saturated rings. The third-order valence-electron chi connectivity index (χ3n) is 3.18. The Hall–Kier alpha value is -1.51. The van der Waals surface area contributed by atoms with E-state index in [2.05, 4.69) is 5.32 Å². The van der Waals surface area contributed by atoms with Crippen molar-refractivity contribution in [3.05, 3.63) is 23.8 Å². The van der Waals surface area contributed by atoms with E-state index in [-0.39, 0.29) is 11.3 Å². The molecule has 3 heteroatoms. The third-order valence-corrected chi connectivity index (χ3v) is 3.18. The number of carbonyl (C=O) groups is 1. The molecule has 2 aliphatic rings. The van der Waals surface area contributed by atoms with Crippen LogP contribution in [0, 0.1) is 0 Å². The van der Waals surface area contributed by atoms with Crippen molar-refractivity contribution in [1.29, 1.82) is 0 Å². The fourth-order valence-electron chi connectivity index (χ4n) is 2.16. The molecule has 14 heavy (non-hydrogen) atoms. The predicted molar refractivity (Wildman–Crippen MR) is 52.5 cm³/mol. The second-order valence-electron chi connectivity index (χ2n) is 3.95. The first-order valence-electron chi connectivity index (χ1n) is 4.76. The van der Waals surface area contributed by atoms with Gasteiger partial charge < -0.3 is 10.1 Å². The van der Waals surface area contributed by atoms with Crippen LogP contribution in [0.15, 0.2) is 18.2 Å². The van der Waals surface area contributed by atoms with Gasteiger partial charge in [-0.15, -0.1) is 0 Å². The minimum absolute atomic E-state index is 0.153. The highest BCUT2D eigenvalue weighted by Gasteiger charge is 2.56. The molecule has 1 aromatic carbocycles. The molecule has 3 rings (SSSR count). The smallest absolute Gasteiger partial charge is 0.235 e. The van der Waals surface area contributed by atoms with Gasteiger partial charge in [-0.1, -0.05) is 6.07 Å². The number of ether oxygens (including phenoxy) is 1. The Morgan fingerprint density at radius 2 is 2.21 bits per heavy atom. The van der Waals surface area contributed by atoms with Gasteiger partial charge in [0.05, 0.1) is 12.5 Å². The molecule has 0 radical (unpaired) electrons. The number of anilines is 1. The summed E-state index contributed by atoms with van der Waals surface area (Å²) in [4.78, 5) is 11.7. The SMILES string of the molecule is COc1ccc2c(c1)NC(=O)C21CC1. The van der Waals surface area contributed by atoms with E-state index in [1.165, 1.54) is 0 Å². The summed E-state index contributed by atoms with van der Waals surface area (Å²) in [6.45, 7) is 0. The number of carbonyl (C=O) groups excluding carboxylic acids is 1. The number of fused-ring (bicyclic) bond motifs is 2. The number of hydrogen-bond donors (Lipinski definition) is 1. The number of amides is 1. The van der Waals surface area contributed by atoms with Crippen LogP contribution in [0.2, 0.25) is 0 Å². The van der Waals surface area contributed by atoms with Gasteiger partial charge in [0, 0.05) is 11.8 Å². The fraction of sp³-hybridized carbons (Fsp3) is 0.364. The van der Waals surface area contributed by atoms with Gasteiger partial charge in [-0.2, -0.15) is 0 Å². The zero-order valence-corrected chi connectivity index (χ0v) is 7.96. The summed E-state index contributed by atoms with van der Waals surface area (Å²) in [7, 11) is 1.63. The first kappa shape index (κ1) is 7.85. The van der Waals surface area contributed by atoms with E-state index in [0.717, 1.165) is 29.8 Å². The Bertz CT molecular complexity index is 421. The second kappa shape index (κ2) is 2.29. The molecule has 0 saturated heterocycles. The summed E-state index contributed by atoms with van der Waals surface area (Å²) in [5.41, 5.74) is 1.89. The number of methoxy groups -OCH3 is 1. The molecule has 0 aromatic heterocycles. The Balaban J connectivity index is 2.14. The van der Waals surface area contributed by atoms with Crippen LogP contribution >= 0.6 is 0 Å². The van der Waals surface area contributed by atoms with Crippen LogP contribution in [-0.2, 0) is 10.2 Å². The van der Waals surface area contributed by atoms with Crippen molar-refractivity contribution < 1.29 is 9.53 Å². The van der Waals surface area contributed by atoms with E-state index in [4.69, 9.17) is 4.74 Å². The molecule has 1 N–H and O–H groups in total. The van der Waals surface area contributed by atoms with E-state index in [0.29, 0.717) is 0 Å². The molecule has 3 nitrogen and oxygen atoms in total. The van der Waals surface area contributed by atoms with E-state index >= 15 is 0 Å². The molecule has 1 aliphatic heterocycles. The maximum absolute atomic E-state index is 11.7. The normalized spacial score (nSPS) is 20.5. The average molecular weight is 189 g/mol. The first-order valence-corrected chi connectivity index (χ1v) is 4.76. The number of rotatable bonds is 1. The summed E-state index contributed by atoms with van der Waals surface area (Å²) in [5, 5.41) is 2.91. The van der Waals surface area contributed by atoms with E-state index in [1.807, 2.05) is 18.2 Å². The molecular weight excluding hydrogens is 178 g/mol. The van der Waals surface area contributed by atoms with Crippen LogP contribution in [0.1, 0.15) is 18.4 Å². The van der Waals surface area contributed by atoms with E-state index in [9.17, 15) is 4.79 Å². The molecule has 0 unspecified atom stereocenters. The highest BCUT2D eigenvalue weighted by Crippen LogP contribution is 2.55. The standard InChI is InChI=1S/C11H11NO2/c1-14-7-2-3-8-9(6-7)12-10(13)11(8)4-5-11/h2-3,6H,4-5H2,1H3,(H,12,13). The van der Waals surface area contributed by atoms with Gasteiger partial charge in [0.25, 0.3) is 0 Å². The summed E-state index contributed by atoms with van der Waals surface area (Å²) in [6, 6.07) is 5.80. The Morgan fingerprint density at radius 3 is 2.86 bits per heavy atom. The van der Waals surface area contributed by atoms with Crippen molar-refractivity contribution in [1.82, 2.24) is 0 Å². The Kier molecular flexibility index (Phi) is 1.29. The monoisotopic (exact) mass is 189 g/mol. The molecule has 0 bridgehead atoms. The highest BCUT2D eigenvalue weighted by atomic mass is 16.5. The lowest BCUT2D eigenvalue weighted by molar-refractivity contribution is -0.117. The minimum Gasteiger partial charge on any atom is -0.497 e. The molecule has 72 valence electrons. The maximum Gasteiger partial charge on any atom is 0.235 e. The van der Waals surface area contributed by atoms with Crippen molar-refractivity contribution in [3.8, 4) is 5.75 Å². The zero-order valence-electron chi connectivity index (χ0n) is 7.96. The molecule has 1 saturated carbocycles. The molecule has 1 aromatic rings. The van der Waals surface area contributed by atoms with Crippen LogP contribution in [0.3, 0.4) is 0 Å². The molecule has 0 atom stereocenters. The van der Waals surface area contributed by atoms with Gasteiger partial charge in [0.15, 0.2) is 0 Å². The number of hydrogen-bond acceptors (Lipinski definition) is 2. The first-order chi connectivity index (χ1) is 6.76. The summed E-state index contributed by atoms with van der Waals surface area (Å²) < 4.78 is 5.11.